The highest BCUT2D eigenvalue weighted by atomic mass is 35.5. The lowest BCUT2D eigenvalue weighted by Crippen LogP contribution is -2.40. The predicted octanol–water partition coefficient (Wildman–Crippen LogP) is 3.96. The predicted molar refractivity (Wildman–Crippen MR) is 94.9 cm³/mol. The second kappa shape index (κ2) is 6.07. The van der Waals surface area contributed by atoms with Crippen molar-refractivity contribution < 1.29 is 18.8 Å². The van der Waals surface area contributed by atoms with Crippen molar-refractivity contribution in [2.24, 2.45) is 5.16 Å². The summed E-state index contributed by atoms with van der Waals surface area (Å²) < 4.78 is 14.0. The smallest absolute Gasteiger partial charge is 0.281 e. The van der Waals surface area contributed by atoms with E-state index < -0.39 is 23.2 Å². The Bertz CT molecular complexity index is 958. The number of hydrogen-bond acceptors (Lipinski definition) is 4. The fourth-order valence-corrected chi connectivity index (χ4v) is 3.69. The molecule has 2 aromatic rings. The monoisotopic (exact) mass is 392 g/mol. The molecule has 0 saturated carbocycles. The first-order chi connectivity index (χ1) is 12.4. The van der Waals surface area contributed by atoms with Gasteiger partial charge in [0.1, 0.15) is 5.82 Å². The van der Waals surface area contributed by atoms with Crippen LogP contribution < -0.4 is 4.90 Å². The van der Waals surface area contributed by atoms with Crippen molar-refractivity contribution in [2.45, 2.75) is 18.4 Å². The van der Waals surface area contributed by atoms with Crippen LogP contribution in [0, 0.1) is 5.82 Å². The molecule has 26 heavy (non-hydrogen) atoms. The molecule has 0 aromatic heterocycles. The maximum atomic E-state index is 14.0. The Hall–Kier alpha value is -2.44. The second-order valence-electron chi connectivity index (χ2n) is 6.12. The van der Waals surface area contributed by atoms with Gasteiger partial charge in [-0.05, 0) is 24.3 Å². The van der Waals surface area contributed by atoms with Gasteiger partial charge in [-0.3, -0.25) is 9.59 Å². The van der Waals surface area contributed by atoms with Crippen LogP contribution in [0.4, 0.5) is 10.1 Å². The first-order valence-corrected chi connectivity index (χ1v) is 8.49. The van der Waals surface area contributed by atoms with Crippen molar-refractivity contribution in [1.82, 2.24) is 0 Å². The van der Waals surface area contributed by atoms with Gasteiger partial charge in [0.05, 0.1) is 17.8 Å². The van der Waals surface area contributed by atoms with E-state index in [2.05, 4.69) is 5.16 Å². The van der Waals surface area contributed by atoms with E-state index in [4.69, 9.17) is 28.0 Å². The number of carbonyl (C=O) groups excluding carboxylic acids is 2. The van der Waals surface area contributed by atoms with Gasteiger partial charge >= 0.3 is 0 Å². The van der Waals surface area contributed by atoms with Crippen LogP contribution in [-0.2, 0) is 14.4 Å². The summed E-state index contributed by atoms with van der Waals surface area (Å²) >= 11 is 11.9. The van der Waals surface area contributed by atoms with Crippen molar-refractivity contribution in [3.8, 4) is 0 Å². The number of rotatable bonds is 2. The topological polar surface area (TPSA) is 59.0 Å². The molecule has 4 rings (SSSR count). The van der Waals surface area contributed by atoms with Gasteiger partial charge in [-0.15, -0.1) is 0 Å². The second-order valence-corrected chi connectivity index (χ2v) is 6.99. The van der Waals surface area contributed by atoms with Crippen LogP contribution in [0.5, 0.6) is 0 Å². The Balaban J connectivity index is 1.65. The highest BCUT2D eigenvalue weighted by Gasteiger charge is 2.58. The van der Waals surface area contributed by atoms with Crippen LogP contribution in [-0.4, -0.2) is 23.1 Å². The van der Waals surface area contributed by atoms with Crippen molar-refractivity contribution in [1.29, 1.82) is 0 Å². The number of imide groups is 1. The molecule has 2 heterocycles. The summed E-state index contributed by atoms with van der Waals surface area (Å²) in [5.74, 6) is -1.50. The summed E-state index contributed by atoms with van der Waals surface area (Å²) in [7, 11) is 0. The van der Waals surface area contributed by atoms with Crippen LogP contribution in [0.1, 0.15) is 18.4 Å². The van der Waals surface area contributed by atoms with E-state index in [1.165, 1.54) is 24.3 Å². The summed E-state index contributed by atoms with van der Waals surface area (Å²) in [5, 5.41) is 4.47. The normalized spacial score (nSPS) is 22.1. The number of hydrogen-bond donors (Lipinski definition) is 0. The molecule has 132 valence electrons. The number of carbonyl (C=O) groups is 2. The van der Waals surface area contributed by atoms with E-state index in [1.54, 1.807) is 18.2 Å². The van der Waals surface area contributed by atoms with E-state index in [9.17, 15) is 14.0 Å². The molecular formula is C18H11Cl2FN2O3. The van der Waals surface area contributed by atoms with E-state index in [-0.39, 0.29) is 29.8 Å². The van der Waals surface area contributed by atoms with E-state index in [1.807, 2.05) is 0 Å². The average molecular weight is 393 g/mol. The summed E-state index contributed by atoms with van der Waals surface area (Å²) in [6, 6.07) is 10.5. The van der Waals surface area contributed by atoms with Gasteiger partial charge < -0.3 is 4.84 Å². The maximum Gasteiger partial charge on any atom is 0.281 e. The Labute approximate surface area is 157 Å². The first kappa shape index (κ1) is 17.0. The molecule has 1 unspecified atom stereocenters. The zero-order chi connectivity index (χ0) is 18.5. The fourth-order valence-electron chi connectivity index (χ4n) is 3.17. The highest BCUT2D eigenvalue weighted by molar-refractivity contribution is 6.36. The third kappa shape index (κ3) is 2.66. The van der Waals surface area contributed by atoms with Crippen LogP contribution >= 0.6 is 23.2 Å². The number of halogens is 3. The fraction of sp³-hybridized carbons (Fsp3) is 0.167. The summed E-state index contributed by atoms with van der Waals surface area (Å²) in [6.45, 7) is 0. The Morgan fingerprint density at radius 2 is 1.77 bits per heavy atom. The van der Waals surface area contributed by atoms with Gasteiger partial charge in [-0.1, -0.05) is 46.6 Å². The number of nitrogens with zero attached hydrogens (tertiary/aromatic N) is 2. The molecule has 0 bridgehead atoms. The SMILES string of the molecule is O=C1CC2(CC(c3ccccc3F)=NO2)C(=O)N1c1cc(Cl)cc(Cl)c1. The maximum absolute atomic E-state index is 14.0. The minimum atomic E-state index is -1.47. The molecule has 2 aliphatic rings. The van der Waals surface area contributed by atoms with Gasteiger partial charge in [-0.25, -0.2) is 9.29 Å². The first-order valence-electron chi connectivity index (χ1n) is 7.73. The third-order valence-corrected chi connectivity index (χ3v) is 4.79. The Kier molecular flexibility index (Phi) is 3.97. The van der Waals surface area contributed by atoms with Crippen LogP contribution in [0.25, 0.3) is 0 Å². The van der Waals surface area contributed by atoms with E-state index in [0.29, 0.717) is 10.0 Å². The molecule has 5 nitrogen and oxygen atoms in total. The molecule has 1 saturated heterocycles. The van der Waals surface area contributed by atoms with Crippen LogP contribution in [0.15, 0.2) is 47.6 Å². The average Bonchev–Trinajstić information content (AvgIpc) is 3.09. The number of amides is 2. The van der Waals surface area contributed by atoms with E-state index >= 15 is 0 Å². The Morgan fingerprint density at radius 3 is 2.46 bits per heavy atom. The molecule has 2 amide bonds. The van der Waals surface area contributed by atoms with Crippen molar-refractivity contribution in [2.75, 3.05) is 4.90 Å². The molecule has 0 aliphatic carbocycles. The lowest BCUT2D eigenvalue weighted by Gasteiger charge is -2.19. The summed E-state index contributed by atoms with van der Waals surface area (Å²) in [5.41, 5.74) is -0.676. The molecule has 1 fully saturated rings. The molecule has 1 spiro atoms. The van der Waals surface area contributed by atoms with Gasteiger partial charge in [-0.2, -0.15) is 0 Å². The zero-order valence-corrected chi connectivity index (χ0v) is 14.7. The standard InChI is InChI=1S/C18H11Cl2FN2O3/c19-10-5-11(20)7-12(6-10)23-16(24)9-18(17(23)25)8-15(22-26-18)13-3-1-2-4-14(13)21/h1-7H,8-9H2. The van der Waals surface area contributed by atoms with Gasteiger partial charge in [0.2, 0.25) is 11.5 Å². The summed E-state index contributed by atoms with van der Waals surface area (Å²) in [4.78, 5) is 31.8. The van der Waals surface area contributed by atoms with Gasteiger partial charge in [0.15, 0.2) is 0 Å². The Morgan fingerprint density at radius 1 is 1.08 bits per heavy atom. The van der Waals surface area contributed by atoms with E-state index in [0.717, 1.165) is 4.90 Å². The number of anilines is 1. The zero-order valence-electron chi connectivity index (χ0n) is 13.2. The molecule has 1 atom stereocenters. The minimum absolute atomic E-state index is 0.00328. The van der Waals surface area contributed by atoms with Crippen molar-refractivity contribution in [3.05, 3.63) is 63.9 Å². The molecule has 8 heteroatoms. The molecule has 0 N–H and O–H groups in total. The molecular weight excluding hydrogens is 382 g/mol. The van der Waals surface area contributed by atoms with Crippen molar-refractivity contribution in [3.63, 3.8) is 0 Å². The van der Waals surface area contributed by atoms with Crippen LogP contribution in [0.2, 0.25) is 10.0 Å². The van der Waals surface area contributed by atoms with Gasteiger partial charge in [0.25, 0.3) is 5.91 Å². The summed E-state index contributed by atoms with van der Waals surface area (Å²) in [6.07, 6.45) is -0.194. The lowest BCUT2D eigenvalue weighted by atomic mass is 9.92. The van der Waals surface area contributed by atoms with Gasteiger partial charge in [0, 0.05) is 22.0 Å². The lowest BCUT2D eigenvalue weighted by molar-refractivity contribution is -0.136. The number of oxime groups is 1. The molecule has 0 radical (unpaired) electrons. The molecule has 2 aliphatic heterocycles. The highest BCUT2D eigenvalue weighted by Crippen LogP contribution is 2.40. The van der Waals surface area contributed by atoms with Crippen LogP contribution in [0.3, 0.4) is 0 Å². The molecule has 2 aromatic carbocycles. The third-order valence-electron chi connectivity index (χ3n) is 4.35. The largest absolute Gasteiger partial charge is 0.378 e. The number of benzene rings is 2. The minimum Gasteiger partial charge on any atom is -0.378 e. The van der Waals surface area contributed by atoms with Crippen molar-refractivity contribution >= 4 is 46.4 Å². The quantitative estimate of drug-likeness (QED) is 0.726.